The first-order valence-electron chi connectivity index (χ1n) is 4.18. The van der Waals surface area contributed by atoms with Gasteiger partial charge in [0.1, 0.15) is 5.75 Å². The Morgan fingerprint density at radius 2 is 1.67 bits per heavy atom. The van der Waals surface area contributed by atoms with Crippen LogP contribution >= 0.6 is 34.4 Å². The lowest BCUT2D eigenvalue weighted by Crippen LogP contribution is -1.85. The lowest BCUT2D eigenvalue weighted by molar-refractivity contribution is 0.475. The first-order chi connectivity index (χ1) is 7.24. The van der Waals surface area contributed by atoms with Gasteiger partial charge in [-0.05, 0) is 58.6 Å². The Morgan fingerprint density at radius 1 is 1.07 bits per heavy atom. The van der Waals surface area contributed by atoms with Crippen molar-refractivity contribution in [3.63, 3.8) is 0 Å². The number of phenols is 1. The van der Waals surface area contributed by atoms with Crippen LogP contribution in [0.25, 0.3) is 0 Å². The maximum absolute atomic E-state index is 9.12. The minimum Gasteiger partial charge on any atom is -0.508 e. The van der Waals surface area contributed by atoms with Gasteiger partial charge >= 0.3 is 0 Å². The summed E-state index contributed by atoms with van der Waals surface area (Å²) < 4.78 is 1.02. The van der Waals surface area contributed by atoms with Crippen LogP contribution in [0.2, 0.25) is 0 Å². The van der Waals surface area contributed by atoms with Gasteiger partial charge in [0.2, 0.25) is 0 Å². The molecule has 1 aromatic carbocycles. The number of rotatable bonds is 2. The highest BCUT2D eigenvalue weighted by molar-refractivity contribution is 14.1. The van der Waals surface area contributed by atoms with Crippen LogP contribution in [0.15, 0.2) is 46.7 Å². The van der Waals surface area contributed by atoms with Gasteiger partial charge in [-0.25, -0.2) is 9.97 Å². The third kappa shape index (κ3) is 3.07. The summed E-state index contributed by atoms with van der Waals surface area (Å²) in [5.74, 6) is 0.267. The quantitative estimate of drug-likeness (QED) is 0.679. The Bertz CT molecular complexity index is 400. The van der Waals surface area contributed by atoms with Crippen LogP contribution in [0.3, 0.4) is 0 Å². The van der Waals surface area contributed by atoms with Gasteiger partial charge in [-0.15, -0.1) is 0 Å². The minimum atomic E-state index is 0.267. The molecule has 5 heteroatoms. The Balaban J connectivity index is 2.15. The highest BCUT2D eigenvalue weighted by atomic mass is 127. The molecule has 1 N–H and O–H groups in total. The molecule has 76 valence electrons. The fourth-order valence-electron chi connectivity index (χ4n) is 0.973. The van der Waals surface area contributed by atoms with Gasteiger partial charge in [0.15, 0.2) is 5.16 Å². The second-order valence-corrected chi connectivity index (χ2v) is 5.07. The van der Waals surface area contributed by atoms with E-state index < -0.39 is 0 Å². The molecule has 0 fully saturated rings. The first kappa shape index (κ1) is 10.7. The van der Waals surface area contributed by atoms with Crippen molar-refractivity contribution in [2.45, 2.75) is 10.1 Å². The van der Waals surface area contributed by atoms with E-state index in [1.165, 1.54) is 11.8 Å². The van der Waals surface area contributed by atoms with Crippen molar-refractivity contribution in [3.05, 3.63) is 40.2 Å². The monoisotopic (exact) mass is 330 g/mol. The maximum atomic E-state index is 9.12. The van der Waals surface area contributed by atoms with Crippen molar-refractivity contribution >= 4 is 34.4 Å². The molecule has 0 atom stereocenters. The van der Waals surface area contributed by atoms with Crippen molar-refractivity contribution < 1.29 is 5.11 Å². The van der Waals surface area contributed by atoms with E-state index in [2.05, 4.69) is 32.6 Å². The molecule has 15 heavy (non-hydrogen) atoms. The van der Waals surface area contributed by atoms with E-state index in [-0.39, 0.29) is 5.75 Å². The largest absolute Gasteiger partial charge is 0.508 e. The fraction of sp³-hybridized carbons (Fsp3) is 0. The van der Waals surface area contributed by atoms with E-state index in [0.717, 1.165) is 8.47 Å². The Hall–Kier alpha value is -0.820. The first-order valence-corrected chi connectivity index (χ1v) is 6.08. The highest BCUT2D eigenvalue weighted by Gasteiger charge is 1.99. The number of nitrogens with zero attached hydrogens (tertiary/aromatic N) is 2. The molecular weight excluding hydrogens is 323 g/mol. The molecule has 3 nitrogen and oxygen atoms in total. The molecular formula is C10H7IN2OS. The summed E-state index contributed by atoms with van der Waals surface area (Å²) in [6.45, 7) is 0. The maximum Gasteiger partial charge on any atom is 0.192 e. The van der Waals surface area contributed by atoms with Crippen molar-refractivity contribution in [2.24, 2.45) is 0 Å². The van der Waals surface area contributed by atoms with E-state index >= 15 is 0 Å². The lowest BCUT2D eigenvalue weighted by Gasteiger charge is -1.99. The zero-order valence-corrected chi connectivity index (χ0v) is 10.6. The van der Waals surface area contributed by atoms with Crippen molar-refractivity contribution in [1.82, 2.24) is 9.97 Å². The molecule has 1 aromatic heterocycles. The molecule has 0 spiro atoms. The summed E-state index contributed by atoms with van der Waals surface area (Å²) >= 11 is 3.63. The van der Waals surface area contributed by atoms with Crippen molar-refractivity contribution in [3.8, 4) is 5.75 Å². The van der Waals surface area contributed by atoms with Crippen LogP contribution in [0.5, 0.6) is 5.75 Å². The summed E-state index contributed by atoms with van der Waals surface area (Å²) in [6, 6.07) is 6.96. The van der Waals surface area contributed by atoms with Crippen LogP contribution in [-0.4, -0.2) is 15.1 Å². The number of benzene rings is 1. The van der Waals surface area contributed by atoms with Crippen LogP contribution in [-0.2, 0) is 0 Å². The molecule has 0 radical (unpaired) electrons. The molecule has 1 heterocycles. The molecule has 0 aliphatic rings. The summed E-state index contributed by atoms with van der Waals surface area (Å²) in [6.07, 6.45) is 3.55. The number of aromatic hydroxyl groups is 1. The predicted molar refractivity (Wildman–Crippen MR) is 67.0 cm³/mol. The average molecular weight is 330 g/mol. The lowest BCUT2D eigenvalue weighted by atomic mass is 10.3. The SMILES string of the molecule is Oc1ccc(Sc2ncc(I)cn2)cc1. The topological polar surface area (TPSA) is 46.0 Å². The molecule has 0 aliphatic carbocycles. The summed E-state index contributed by atoms with van der Waals surface area (Å²) in [5.41, 5.74) is 0. The molecule has 0 aliphatic heterocycles. The van der Waals surface area contributed by atoms with Crippen LogP contribution in [0, 0.1) is 3.57 Å². The van der Waals surface area contributed by atoms with Gasteiger partial charge in [0.05, 0.1) is 0 Å². The Labute approximate surface area is 105 Å². The average Bonchev–Trinajstić information content (AvgIpc) is 2.25. The van der Waals surface area contributed by atoms with Gasteiger partial charge in [-0.1, -0.05) is 0 Å². The zero-order chi connectivity index (χ0) is 10.7. The summed E-state index contributed by atoms with van der Waals surface area (Å²) in [5, 5.41) is 9.83. The van der Waals surface area contributed by atoms with E-state index in [1.54, 1.807) is 24.5 Å². The Morgan fingerprint density at radius 3 is 2.27 bits per heavy atom. The second kappa shape index (κ2) is 4.80. The van der Waals surface area contributed by atoms with Gasteiger partial charge in [-0.2, -0.15) is 0 Å². The van der Waals surface area contributed by atoms with E-state index in [0.29, 0.717) is 5.16 Å². The molecule has 0 bridgehead atoms. The third-order valence-electron chi connectivity index (χ3n) is 1.64. The van der Waals surface area contributed by atoms with Crippen molar-refractivity contribution in [2.75, 3.05) is 0 Å². The van der Waals surface area contributed by atoms with E-state index in [9.17, 15) is 0 Å². The smallest absolute Gasteiger partial charge is 0.192 e. The van der Waals surface area contributed by atoms with Gasteiger partial charge in [0, 0.05) is 20.9 Å². The van der Waals surface area contributed by atoms with Crippen LogP contribution < -0.4 is 0 Å². The molecule has 0 amide bonds. The van der Waals surface area contributed by atoms with E-state index in [4.69, 9.17) is 5.11 Å². The number of halogens is 1. The molecule has 0 unspecified atom stereocenters. The van der Waals surface area contributed by atoms with Gasteiger partial charge in [-0.3, -0.25) is 0 Å². The number of hydrogen-bond donors (Lipinski definition) is 1. The molecule has 0 saturated carbocycles. The normalized spacial score (nSPS) is 10.2. The second-order valence-electron chi connectivity index (χ2n) is 2.78. The summed E-state index contributed by atoms with van der Waals surface area (Å²) in [4.78, 5) is 9.36. The van der Waals surface area contributed by atoms with Crippen LogP contribution in [0.1, 0.15) is 0 Å². The molecule has 0 saturated heterocycles. The zero-order valence-electron chi connectivity index (χ0n) is 7.59. The number of phenolic OH excluding ortho intramolecular Hbond substituents is 1. The van der Waals surface area contributed by atoms with Gasteiger partial charge in [0.25, 0.3) is 0 Å². The van der Waals surface area contributed by atoms with Gasteiger partial charge < -0.3 is 5.11 Å². The van der Waals surface area contributed by atoms with Crippen molar-refractivity contribution in [1.29, 1.82) is 0 Å². The minimum absolute atomic E-state index is 0.267. The number of hydrogen-bond acceptors (Lipinski definition) is 4. The van der Waals surface area contributed by atoms with Crippen LogP contribution in [0.4, 0.5) is 0 Å². The summed E-state index contributed by atoms with van der Waals surface area (Å²) in [7, 11) is 0. The molecule has 2 aromatic rings. The van der Waals surface area contributed by atoms with E-state index in [1.807, 2.05) is 12.1 Å². The number of aromatic nitrogens is 2. The third-order valence-corrected chi connectivity index (χ3v) is 3.10. The molecule has 2 rings (SSSR count). The predicted octanol–water partition coefficient (Wildman–Crippen LogP) is 2.94. The standard InChI is InChI=1S/C10H7IN2OS/c11-7-5-12-10(13-6-7)15-9-3-1-8(14)2-4-9/h1-6,14H. The fourth-order valence-corrected chi connectivity index (χ4v) is 1.95. The Kier molecular flexibility index (Phi) is 3.42. The highest BCUT2D eigenvalue weighted by Crippen LogP contribution is 2.25.